The molecule has 1 atom stereocenters. The number of aryl methyl sites for hydroxylation is 1. The molecule has 3 aromatic rings. The van der Waals surface area contributed by atoms with Crippen molar-refractivity contribution in [3.05, 3.63) is 81.5 Å². The molecule has 7 heteroatoms. The summed E-state index contributed by atoms with van der Waals surface area (Å²) in [6, 6.07) is 11.4. The summed E-state index contributed by atoms with van der Waals surface area (Å²) in [4.78, 5) is 27.8. The van der Waals surface area contributed by atoms with Crippen LogP contribution in [0.25, 0.3) is 11.1 Å². The van der Waals surface area contributed by atoms with Crippen molar-refractivity contribution < 1.29 is 19.0 Å². The molecule has 1 aromatic heterocycles. The van der Waals surface area contributed by atoms with Crippen molar-refractivity contribution in [1.29, 1.82) is 0 Å². The van der Waals surface area contributed by atoms with E-state index in [1.165, 1.54) is 43.5 Å². The normalized spacial score (nSPS) is 11.7. The lowest BCUT2D eigenvalue weighted by molar-refractivity contribution is 0.0938. The van der Waals surface area contributed by atoms with Crippen molar-refractivity contribution in [3.63, 3.8) is 0 Å². The van der Waals surface area contributed by atoms with E-state index in [2.05, 4.69) is 10.3 Å². The summed E-state index contributed by atoms with van der Waals surface area (Å²) in [5.41, 5.74) is 1.86. The first-order valence-corrected chi connectivity index (χ1v) is 8.97. The predicted octanol–water partition coefficient (Wildman–Crippen LogP) is 3.69. The Kier molecular flexibility index (Phi) is 5.68. The molecule has 0 aliphatic heterocycles. The molecule has 3 N–H and O–H groups in total. The van der Waals surface area contributed by atoms with E-state index in [0.29, 0.717) is 22.6 Å². The number of aromatic amines is 1. The second-order valence-corrected chi connectivity index (χ2v) is 6.68. The van der Waals surface area contributed by atoms with E-state index in [9.17, 15) is 19.1 Å². The van der Waals surface area contributed by atoms with Crippen molar-refractivity contribution in [2.75, 3.05) is 7.11 Å². The van der Waals surface area contributed by atoms with Gasteiger partial charge in [-0.2, -0.15) is 0 Å². The van der Waals surface area contributed by atoms with E-state index < -0.39 is 23.3 Å². The van der Waals surface area contributed by atoms with Crippen molar-refractivity contribution >= 4 is 5.91 Å². The number of carbonyl (C=O) groups excluding carboxylic acids is 1. The number of phenolic OH excluding ortho intramolecular Hbond substituents is 1. The fraction of sp³-hybridized carbons (Fsp3) is 0.182. The summed E-state index contributed by atoms with van der Waals surface area (Å²) >= 11 is 0. The van der Waals surface area contributed by atoms with Crippen LogP contribution < -0.4 is 15.6 Å². The first kappa shape index (κ1) is 20.1. The second-order valence-electron chi connectivity index (χ2n) is 6.68. The van der Waals surface area contributed by atoms with Crippen LogP contribution in [0.5, 0.6) is 11.5 Å². The monoisotopic (exact) mass is 396 g/mol. The van der Waals surface area contributed by atoms with Gasteiger partial charge in [0.05, 0.1) is 13.2 Å². The molecule has 150 valence electrons. The molecule has 0 spiro atoms. The van der Waals surface area contributed by atoms with Crippen LogP contribution in [-0.4, -0.2) is 23.1 Å². The van der Waals surface area contributed by atoms with Crippen molar-refractivity contribution in [3.8, 4) is 22.6 Å². The molecule has 3 rings (SSSR count). The van der Waals surface area contributed by atoms with Crippen LogP contribution in [0.4, 0.5) is 4.39 Å². The topological polar surface area (TPSA) is 91.4 Å². The highest BCUT2D eigenvalue weighted by atomic mass is 19.1. The number of amides is 1. The summed E-state index contributed by atoms with van der Waals surface area (Å²) in [7, 11) is 1.46. The lowest BCUT2D eigenvalue weighted by Crippen LogP contribution is -2.32. The molecule has 0 unspecified atom stereocenters. The first-order chi connectivity index (χ1) is 13.8. The Balaban J connectivity index is 1.93. The molecule has 0 saturated carbocycles. The standard InChI is InChI=1S/C22H21FN2O4/c1-12-17(14-4-7-16(26)8-5-14)11-19(21(27)24-12)22(28)25-13(2)18-10-15(23)6-9-20(18)29-3/h4-11,13,26H,1-3H3,(H,24,27)(H,25,28)/t13-/m0/s1. The number of rotatable bonds is 5. The third-order valence-corrected chi connectivity index (χ3v) is 4.67. The van der Waals surface area contributed by atoms with E-state index in [-0.39, 0.29) is 11.3 Å². The smallest absolute Gasteiger partial charge is 0.261 e. The van der Waals surface area contributed by atoms with Gasteiger partial charge in [-0.25, -0.2) is 4.39 Å². The zero-order valence-corrected chi connectivity index (χ0v) is 16.2. The van der Waals surface area contributed by atoms with Gasteiger partial charge < -0.3 is 20.1 Å². The number of methoxy groups -OCH3 is 1. The number of ether oxygens (including phenoxy) is 1. The number of hydrogen-bond donors (Lipinski definition) is 3. The van der Waals surface area contributed by atoms with Gasteiger partial charge in [-0.3, -0.25) is 9.59 Å². The van der Waals surface area contributed by atoms with Crippen LogP contribution in [0.2, 0.25) is 0 Å². The van der Waals surface area contributed by atoms with Crippen LogP contribution in [0.1, 0.15) is 34.6 Å². The summed E-state index contributed by atoms with van der Waals surface area (Å²) in [5, 5.41) is 12.2. The van der Waals surface area contributed by atoms with Crippen LogP contribution in [0.3, 0.4) is 0 Å². The van der Waals surface area contributed by atoms with Gasteiger partial charge >= 0.3 is 0 Å². The minimum absolute atomic E-state index is 0.0686. The highest BCUT2D eigenvalue weighted by molar-refractivity contribution is 5.95. The highest BCUT2D eigenvalue weighted by Crippen LogP contribution is 2.27. The molecule has 6 nitrogen and oxygen atoms in total. The minimum Gasteiger partial charge on any atom is -0.508 e. The maximum absolute atomic E-state index is 13.6. The van der Waals surface area contributed by atoms with E-state index >= 15 is 0 Å². The SMILES string of the molecule is COc1ccc(F)cc1[C@H](C)NC(=O)c1cc(-c2ccc(O)cc2)c(C)[nH]c1=O. The predicted molar refractivity (Wildman–Crippen MR) is 108 cm³/mol. The number of H-pyrrole nitrogens is 1. The Morgan fingerprint density at radius 1 is 1.17 bits per heavy atom. The molecular weight excluding hydrogens is 375 g/mol. The third-order valence-electron chi connectivity index (χ3n) is 4.67. The summed E-state index contributed by atoms with van der Waals surface area (Å²) in [6.45, 7) is 3.41. The zero-order valence-electron chi connectivity index (χ0n) is 16.2. The summed E-state index contributed by atoms with van der Waals surface area (Å²) < 4.78 is 18.9. The maximum Gasteiger partial charge on any atom is 0.261 e. The number of aromatic hydroxyl groups is 1. The lowest BCUT2D eigenvalue weighted by Gasteiger charge is -2.18. The van der Waals surface area contributed by atoms with Crippen molar-refractivity contribution in [2.45, 2.75) is 19.9 Å². The molecule has 0 fully saturated rings. The van der Waals surface area contributed by atoms with Crippen LogP contribution in [0.15, 0.2) is 53.3 Å². The quantitative estimate of drug-likeness (QED) is 0.613. The third kappa shape index (κ3) is 4.29. The fourth-order valence-corrected chi connectivity index (χ4v) is 3.13. The Bertz CT molecular complexity index is 1110. The number of hydrogen-bond acceptors (Lipinski definition) is 4. The Morgan fingerprint density at radius 2 is 1.86 bits per heavy atom. The van der Waals surface area contributed by atoms with E-state index in [1.807, 2.05) is 0 Å². The van der Waals surface area contributed by atoms with Gasteiger partial charge in [-0.15, -0.1) is 0 Å². The zero-order chi connectivity index (χ0) is 21.1. The molecule has 1 heterocycles. The molecule has 0 bridgehead atoms. The van der Waals surface area contributed by atoms with Gasteiger partial charge in [0.25, 0.3) is 11.5 Å². The first-order valence-electron chi connectivity index (χ1n) is 8.97. The largest absolute Gasteiger partial charge is 0.508 e. The number of aromatic nitrogens is 1. The van der Waals surface area contributed by atoms with E-state index in [1.54, 1.807) is 26.0 Å². The van der Waals surface area contributed by atoms with Crippen molar-refractivity contribution in [1.82, 2.24) is 10.3 Å². The fourth-order valence-electron chi connectivity index (χ4n) is 3.13. The van der Waals surface area contributed by atoms with Gasteiger partial charge in [0.15, 0.2) is 0 Å². The average molecular weight is 396 g/mol. The van der Waals surface area contributed by atoms with Crippen LogP contribution >= 0.6 is 0 Å². The average Bonchev–Trinajstić information content (AvgIpc) is 2.68. The number of carbonyl (C=O) groups is 1. The van der Waals surface area contributed by atoms with Crippen LogP contribution in [-0.2, 0) is 0 Å². The molecule has 0 radical (unpaired) electrons. The van der Waals surface area contributed by atoms with Crippen LogP contribution in [0, 0.1) is 12.7 Å². The molecule has 2 aromatic carbocycles. The molecule has 0 aliphatic carbocycles. The highest BCUT2D eigenvalue weighted by Gasteiger charge is 2.19. The van der Waals surface area contributed by atoms with Gasteiger partial charge in [-0.05, 0) is 55.8 Å². The Labute approximate surface area is 167 Å². The number of phenols is 1. The van der Waals surface area contributed by atoms with Gasteiger partial charge in [0.2, 0.25) is 0 Å². The Hall–Kier alpha value is -3.61. The molecule has 29 heavy (non-hydrogen) atoms. The van der Waals surface area contributed by atoms with E-state index in [4.69, 9.17) is 4.74 Å². The van der Waals surface area contributed by atoms with Crippen molar-refractivity contribution in [2.24, 2.45) is 0 Å². The van der Waals surface area contributed by atoms with Gasteiger partial charge in [-0.1, -0.05) is 12.1 Å². The van der Waals surface area contributed by atoms with Gasteiger partial charge in [0, 0.05) is 16.8 Å². The number of benzene rings is 2. The summed E-state index contributed by atoms with van der Waals surface area (Å²) in [5.74, 6) is -0.497. The maximum atomic E-state index is 13.6. The minimum atomic E-state index is -0.593. The molecule has 0 saturated heterocycles. The Morgan fingerprint density at radius 3 is 2.52 bits per heavy atom. The molecular formula is C22H21FN2O4. The number of nitrogens with one attached hydrogen (secondary N) is 2. The molecule has 1 amide bonds. The van der Waals surface area contributed by atoms with Gasteiger partial charge in [0.1, 0.15) is 22.9 Å². The molecule has 0 aliphatic rings. The lowest BCUT2D eigenvalue weighted by atomic mass is 10.0. The van der Waals surface area contributed by atoms with E-state index in [0.717, 1.165) is 5.56 Å². The second kappa shape index (κ2) is 8.18. The summed E-state index contributed by atoms with van der Waals surface area (Å²) in [6.07, 6.45) is 0. The number of pyridine rings is 1. The number of halogens is 1.